The topological polar surface area (TPSA) is 80.7 Å². The van der Waals surface area contributed by atoms with E-state index in [2.05, 4.69) is 6.92 Å². The first-order valence-corrected chi connectivity index (χ1v) is 9.17. The van der Waals surface area contributed by atoms with E-state index in [0.29, 0.717) is 6.42 Å². The van der Waals surface area contributed by atoms with Gasteiger partial charge in [0, 0.05) is 36.0 Å². The molecule has 0 fully saturated rings. The van der Waals surface area contributed by atoms with Crippen LogP contribution in [0.1, 0.15) is 71.1 Å². The minimum atomic E-state index is -3.95. The zero-order valence-corrected chi connectivity index (χ0v) is 16.3. The predicted octanol–water partition coefficient (Wildman–Crippen LogP) is 2.96. The van der Waals surface area contributed by atoms with Crippen LogP contribution in [0.2, 0.25) is 0 Å². The molecule has 0 rings (SSSR count). The smallest absolute Gasteiger partial charge is 0.305 e. The van der Waals surface area contributed by atoms with E-state index in [1.165, 1.54) is 32.1 Å². The molecule has 0 aliphatic rings. The Bertz CT molecular complexity index is 343. The average molecular weight is 331 g/mol. The number of carbonyl (C=O) groups excluding carboxylic acids is 1. The van der Waals surface area contributed by atoms with Crippen molar-refractivity contribution in [2.24, 2.45) is 0 Å². The number of unbranched alkanes of at least 4 members (excludes halogenated alkanes) is 7. The van der Waals surface area contributed by atoms with E-state index in [1.807, 2.05) is 0 Å². The van der Waals surface area contributed by atoms with Crippen molar-refractivity contribution in [2.45, 2.75) is 71.1 Å². The minimum Gasteiger partial charge on any atom is -0.466 e. The van der Waals surface area contributed by atoms with E-state index < -0.39 is 10.1 Å². The molecule has 5 nitrogen and oxygen atoms in total. The number of ether oxygens (including phenoxy) is 1. The summed E-state index contributed by atoms with van der Waals surface area (Å²) in [6.45, 7) is 2.25. The molecule has 21 heavy (non-hydrogen) atoms. The molecule has 0 aromatic carbocycles. The van der Waals surface area contributed by atoms with Crippen molar-refractivity contribution < 1.29 is 22.5 Å². The molecule has 0 heterocycles. The molecule has 0 aliphatic heterocycles. The molecule has 0 saturated carbocycles. The van der Waals surface area contributed by atoms with E-state index in [0.717, 1.165) is 19.3 Å². The van der Waals surface area contributed by atoms with Crippen LogP contribution in [0.15, 0.2) is 0 Å². The fourth-order valence-corrected chi connectivity index (χ4v) is 2.39. The molecular weight excluding hydrogens is 303 g/mol. The summed E-state index contributed by atoms with van der Waals surface area (Å²) in [5.74, 6) is -0.649. The van der Waals surface area contributed by atoms with Crippen LogP contribution in [-0.4, -0.2) is 60.9 Å². The van der Waals surface area contributed by atoms with Crippen LogP contribution in [0.3, 0.4) is 0 Å². The molecule has 0 aromatic heterocycles. The Morgan fingerprint density at radius 1 is 0.952 bits per heavy atom. The van der Waals surface area contributed by atoms with Gasteiger partial charge in [-0.2, -0.15) is 8.42 Å². The molecule has 0 atom stereocenters. The molecule has 1 radical (unpaired) electrons. The van der Waals surface area contributed by atoms with Crippen LogP contribution >= 0.6 is 0 Å². The maximum atomic E-state index is 11.3. The second-order valence-corrected chi connectivity index (χ2v) is 6.66. The zero-order valence-electron chi connectivity index (χ0n) is 13.5. The van der Waals surface area contributed by atoms with Gasteiger partial charge in [-0.15, -0.1) is 0 Å². The quantitative estimate of drug-likeness (QED) is 0.243. The van der Waals surface area contributed by atoms with E-state index in [4.69, 9.17) is 9.29 Å². The molecule has 121 valence electrons. The predicted molar refractivity (Wildman–Crippen MR) is 85.0 cm³/mol. The first-order valence-electron chi connectivity index (χ1n) is 7.56. The standard InChI is InChI=1S/C14H28O5S.Na/c1-2-3-4-5-6-7-8-9-11-14(15)19-12-10-13-20(16,17)18;/h2-13H2,1H3,(H,16,17,18);. The van der Waals surface area contributed by atoms with Crippen molar-refractivity contribution in [3.05, 3.63) is 0 Å². The van der Waals surface area contributed by atoms with Gasteiger partial charge < -0.3 is 4.74 Å². The average Bonchev–Trinajstić information content (AvgIpc) is 2.37. The van der Waals surface area contributed by atoms with Gasteiger partial charge >= 0.3 is 5.97 Å². The number of hydrogen-bond acceptors (Lipinski definition) is 4. The van der Waals surface area contributed by atoms with Gasteiger partial charge in [-0.3, -0.25) is 9.35 Å². The van der Waals surface area contributed by atoms with Crippen molar-refractivity contribution in [1.82, 2.24) is 0 Å². The maximum Gasteiger partial charge on any atom is 0.305 e. The molecule has 0 aliphatic carbocycles. The van der Waals surface area contributed by atoms with Crippen LogP contribution in [0, 0.1) is 0 Å². The van der Waals surface area contributed by atoms with Crippen LogP contribution < -0.4 is 0 Å². The van der Waals surface area contributed by atoms with E-state index in [-0.39, 0.29) is 54.3 Å². The Labute approximate surface area is 151 Å². The van der Waals surface area contributed by atoms with Gasteiger partial charge in [0.15, 0.2) is 0 Å². The van der Waals surface area contributed by atoms with Gasteiger partial charge in [-0.05, 0) is 12.8 Å². The number of esters is 1. The van der Waals surface area contributed by atoms with E-state index in [1.54, 1.807) is 0 Å². The minimum absolute atomic E-state index is 0. The summed E-state index contributed by atoms with van der Waals surface area (Å²) in [5.41, 5.74) is 0. The van der Waals surface area contributed by atoms with Crippen LogP contribution in [0.4, 0.5) is 0 Å². The molecule has 0 amide bonds. The number of hydrogen-bond donors (Lipinski definition) is 1. The summed E-state index contributed by atoms with van der Waals surface area (Å²) in [7, 11) is -3.95. The molecule has 1 N–H and O–H groups in total. The fourth-order valence-electron chi connectivity index (χ4n) is 1.90. The Balaban J connectivity index is 0. The molecule has 0 aromatic rings. The van der Waals surface area contributed by atoms with Gasteiger partial charge in [0.2, 0.25) is 0 Å². The SMILES string of the molecule is CCCCCCCCCCC(=O)OCCCS(=O)(=O)O.[Na]. The van der Waals surface area contributed by atoms with Crippen molar-refractivity contribution in [3.63, 3.8) is 0 Å². The van der Waals surface area contributed by atoms with Crippen molar-refractivity contribution in [1.29, 1.82) is 0 Å². The van der Waals surface area contributed by atoms with Gasteiger partial charge in [0.1, 0.15) is 0 Å². The van der Waals surface area contributed by atoms with Crippen LogP contribution in [0.25, 0.3) is 0 Å². The molecule has 0 spiro atoms. The summed E-state index contributed by atoms with van der Waals surface area (Å²) >= 11 is 0. The maximum absolute atomic E-state index is 11.3. The number of carbonyl (C=O) groups is 1. The van der Waals surface area contributed by atoms with Crippen LogP contribution in [0.5, 0.6) is 0 Å². The Kier molecular flexibility index (Phi) is 17.2. The summed E-state index contributed by atoms with van der Waals surface area (Å²) in [6.07, 6.45) is 9.89. The summed E-state index contributed by atoms with van der Waals surface area (Å²) in [5, 5.41) is 0. The van der Waals surface area contributed by atoms with Gasteiger partial charge in [-0.1, -0.05) is 51.9 Å². The third kappa shape index (κ3) is 20.4. The first kappa shape index (κ1) is 23.6. The Morgan fingerprint density at radius 3 is 2.00 bits per heavy atom. The zero-order chi connectivity index (χ0) is 15.3. The second-order valence-electron chi connectivity index (χ2n) is 5.08. The molecule has 0 bridgehead atoms. The first-order chi connectivity index (χ1) is 9.45. The third-order valence-corrected chi connectivity index (χ3v) is 3.85. The van der Waals surface area contributed by atoms with E-state index >= 15 is 0 Å². The number of rotatable bonds is 13. The molecule has 7 heteroatoms. The largest absolute Gasteiger partial charge is 0.466 e. The normalized spacial score (nSPS) is 11.0. The molecular formula is C14H28NaO5S. The summed E-state index contributed by atoms with van der Waals surface area (Å²) in [6, 6.07) is 0. The van der Waals surface area contributed by atoms with Crippen molar-refractivity contribution >= 4 is 45.6 Å². The Morgan fingerprint density at radius 2 is 1.48 bits per heavy atom. The summed E-state index contributed by atoms with van der Waals surface area (Å²) in [4.78, 5) is 11.3. The van der Waals surface area contributed by atoms with Gasteiger partial charge in [0.05, 0.1) is 12.4 Å². The Hall–Kier alpha value is 0.380. The van der Waals surface area contributed by atoms with Crippen molar-refractivity contribution in [2.75, 3.05) is 12.4 Å². The summed E-state index contributed by atoms with van der Waals surface area (Å²) < 4.78 is 34.2. The second kappa shape index (κ2) is 15.3. The van der Waals surface area contributed by atoms with Crippen molar-refractivity contribution in [3.8, 4) is 0 Å². The monoisotopic (exact) mass is 331 g/mol. The van der Waals surface area contributed by atoms with Gasteiger partial charge in [0.25, 0.3) is 10.1 Å². The fraction of sp³-hybridized carbons (Fsp3) is 0.929. The van der Waals surface area contributed by atoms with Crippen LogP contribution in [-0.2, 0) is 19.6 Å². The van der Waals surface area contributed by atoms with Gasteiger partial charge in [-0.25, -0.2) is 0 Å². The van der Waals surface area contributed by atoms with E-state index in [9.17, 15) is 13.2 Å². The third-order valence-electron chi connectivity index (χ3n) is 3.04. The molecule has 0 unspecified atom stereocenters. The molecule has 0 saturated heterocycles.